The molecular weight excluding hydrogens is 318 g/mol. The molecule has 1 N–H and O–H groups in total. The van der Waals surface area contributed by atoms with Gasteiger partial charge in [0.1, 0.15) is 34.5 Å². The predicted octanol–water partition coefficient (Wildman–Crippen LogP) is 2.55. The summed E-state index contributed by atoms with van der Waals surface area (Å²) in [5.74, 6) is 0.449. The summed E-state index contributed by atoms with van der Waals surface area (Å²) in [6.07, 6.45) is 0. The van der Waals surface area contributed by atoms with Crippen molar-refractivity contribution in [1.29, 1.82) is 10.5 Å². The van der Waals surface area contributed by atoms with Gasteiger partial charge in [-0.1, -0.05) is 12.1 Å². The number of nitrogens with one attached hydrogen (secondary N) is 1. The molecule has 0 spiro atoms. The van der Waals surface area contributed by atoms with Gasteiger partial charge in [-0.05, 0) is 36.8 Å². The third-order valence-electron chi connectivity index (χ3n) is 3.42. The molecule has 0 aliphatic carbocycles. The molecule has 0 saturated carbocycles. The first-order valence-electron chi connectivity index (χ1n) is 7.31. The number of benzene rings is 2. The van der Waals surface area contributed by atoms with E-state index in [4.69, 9.17) is 15.3 Å². The van der Waals surface area contributed by atoms with E-state index >= 15 is 0 Å². The van der Waals surface area contributed by atoms with Gasteiger partial charge in [0.05, 0.1) is 7.11 Å². The second kappa shape index (κ2) is 6.69. The number of nitrogens with zero attached hydrogens (tertiary/aromatic N) is 6. The standard InChI is InChI=1S/C17H13N7O/c1-11-7-15(21-20-12(9-18)10-19)17(25-2)16(8-11)24-22-13-5-3-4-6-14(13)23-24/h3-8,21H,1-2H3. The highest BCUT2D eigenvalue weighted by atomic mass is 16.5. The van der Waals surface area contributed by atoms with E-state index < -0.39 is 0 Å². The first-order chi connectivity index (χ1) is 12.2. The van der Waals surface area contributed by atoms with Gasteiger partial charge >= 0.3 is 0 Å². The summed E-state index contributed by atoms with van der Waals surface area (Å²) in [7, 11) is 1.52. The molecule has 122 valence electrons. The van der Waals surface area contributed by atoms with Crippen LogP contribution in [0.15, 0.2) is 41.5 Å². The van der Waals surface area contributed by atoms with E-state index in [1.807, 2.05) is 37.3 Å². The van der Waals surface area contributed by atoms with Crippen molar-refractivity contribution in [3.05, 3.63) is 42.0 Å². The maximum atomic E-state index is 8.80. The summed E-state index contributed by atoms with van der Waals surface area (Å²) in [6.45, 7) is 1.90. The average Bonchev–Trinajstić information content (AvgIpc) is 3.06. The zero-order valence-corrected chi connectivity index (χ0v) is 13.6. The number of aromatic nitrogens is 3. The topological polar surface area (TPSA) is 112 Å². The van der Waals surface area contributed by atoms with E-state index in [1.54, 1.807) is 18.2 Å². The molecule has 2 aromatic carbocycles. The SMILES string of the molecule is COc1c(NN=C(C#N)C#N)cc(C)cc1-n1nc2ccccc2n1. The largest absolute Gasteiger partial charge is 0.492 e. The van der Waals surface area contributed by atoms with Crippen LogP contribution in [-0.2, 0) is 0 Å². The summed E-state index contributed by atoms with van der Waals surface area (Å²) in [4.78, 5) is 1.49. The van der Waals surface area contributed by atoms with E-state index in [9.17, 15) is 0 Å². The summed E-state index contributed by atoms with van der Waals surface area (Å²) < 4.78 is 5.48. The molecule has 0 atom stereocenters. The number of methoxy groups -OCH3 is 1. The zero-order valence-electron chi connectivity index (χ0n) is 13.6. The minimum Gasteiger partial charge on any atom is -0.492 e. The van der Waals surface area contributed by atoms with Gasteiger partial charge < -0.3 is 4.74 Å². The van der Waals surface area contributed by atoms with Crippen LogP contribution in [-0.4, -0.2) is 27.8 Å². The van der Waals surface area contributed by atoms with Crippen molar-refractivity contribution in [2.24, 2.45) is 5.10 Å². The van der Waals surface area contributed by atoms with Gasteiger partial charge in [0.15, 0.2) is 5.75 Å². The lowest BCUT2D eigenvalue weighted by Crippen LogP contribution is -2.06. The molecule has 3 aromatic rings. The van der Waals surface area contributed by atoms with E-state index in [2.05, 4.69) is 20.7 Å². The summed E-state index contributed by atoms with van der Waals surface area (Å²) >= 11 is 0. The zero-order chi connectivity index (χ0) is 17.8. The highest BCUT2D eigenvalue weighted by Crippen LogP contribution is 2.33. The number of anilines is 1. The monoisotopic (exact) mass is 331 g/mol. The molecule has 0 aliphatic heterocycles. The van der Waals surface area contributed by atoms with Crippen molar-refractivity contribution < 1.29 is 4.74 Å². The summed E-state index contributed by atoms with van der Waals surface area (Å²) in [5.41, 5.74) is 5.96. The lowest BCUT2D eigenvalue weighted by Gasteiger charge is -2.13. The molecule has 1 heterocycles. The fourth-order valence-corrected chi connectivity index (χ4v) is 2.36. The Morgan fingerprint density at radius 3 is 2.36 bits per heavy atom. The van der Waals surface area contributed by atoms with Crippen LogP contribution in [0.5, 0.6) is 5.75 Å². The number of fused-ring (bicyclic) bond motifs is 1. The third kappa shape index (κ3) is 3.09. The van der Waals surface area contributed by atoms with E-state index in [0.29, 0.717) is 17.1 Å². The maximum absolute atomic E-state index is 8.80. The van der Waals surface area contributed by atoms with Crippen LogP contribution in [0.2, 0.25) is 0 Å². The highest BCUT2D eigenvalue weighted by Gasteiger charge is 2.15. The molecule has 25 heavy (non-hydrogen) atoms. The maximum Gasteiger partial charge on any atom is 0.237 e. The normalized spacial score (nSPS) is 9.92. The Morgan fingerprint density at radius 1 is 1.16 bits per heavy atom. The molecule has 0 fully saturated rings. The number of hydrazone groups is 1. The second-order valence-corrected chi connectivity index (χ2v) is 5.14. The molecule has 1 aromatic heterocycles. The Hall–Kier alpha value is -3.91. The summed E-state index contributed by atoms with van der Waals surface area (Å²) in [6, 6.07) is 14.6. The van der Waals surface area contributed by atoms with Crippen LogP contribution < -0.4 is 10.2 Å². The fourth-order valence-electron chi connectivity index (χ4n) is 2.36. The molecular formula is C17H13N7O. The molecule has 3 rings (SSSR count). The Kier molecular flexibility index (Phi) is 4.27. The fraction of sp³-hybridized carbons (Fsp3) is 0.118. The van der Waals surface area contributed by atoms with E-state index in [-0.39, 0.29) is 5.71 Å². The number of nitriles is 2. The van der Waals surface area contributed by atoms with Gasteiger partial charge in [-0.15, -0.1) is 15.0 Å². The lowest BCUT2D eigenvalue weighted by molar-refractivity contribution is 0.412. The van der Waals surface area contributed by atoms with Gasteiger partial charge in [-0.2, -0.15) is 15.6 Å². The predicted molar refractivity (Wildman–Crippen MR) is 92.4 cm³/mol. The van der Waals surface area contributed by atoms with Crippen molar-refractivity contribution >= 4 is 22.4 Å². The minimum atomic E-state index is -0.284. The smallest absolute Gasteiger partial charge is 0.237 e. The molecule has 0 unspecified atom stereocenters. The van der Waals surface area contributed by atoms with E-state index in [0.717, 1.165) is 16.6 Å². The van der Waals surface area contributed by atoms with Crippen LogP contribution >= 0.6 is 0 Å². The molecule has 0 amide bonds. The number of hydrogen-bond acceptors (Lipinski definition) is 7. The van der Waals surface area contributed by atoms with Gasteiger partial charge in [-0.25, -0.2) is 0 Å². The van der Waals surface area contributed by atoms with Crippen molar-refractivity contribution in [1.82, 2.24) is 15.0 Å². The molecule has 0 saturated heterocycles. The molecule has 8 heteroatoms. The van der Waals surface area contributed by atoms with Crippen LogP contribution in [0.25, 0.3) is 16.7 Å². The van der Waals surface area contributed by atoms with Crippen LogP contribution in [0, 0.1) is 29.6 Å². The van der Waals surface area contributed by atoms with Gasteiger partial charge in [-0.3, -0.25) is 5.43 Å². The summed E-state index contributed by atoms with van der Waals surface area (Å²) in [5, 5.41) is 30.3. The van der Waals surface area contributed by atoms with E-state index in [1.165, 1.54) is 11.9 Å². The molecule has 0 radical (unpaired) electrons. The van der Waals surface area contributed by atoms with Crippen molar-refractivity contribution in [3.63, 3.8) is 0 Å². The Bertz CT molecular complexity index is 1000. The van der Waals surface area contributed by atoms with Gasteiger partial charge in [0, 0.05) is 0 Å². The number of ether oxygens (including phenoxy) is 1. The highest BCUT2D eigenvalue weighted by molar-refractivity contribution is 6.10. The first-order valence-corrected chi connectivity index (χ1v) is 7.31. The minimum absolute atomic E-state index is 0.284. The van der Waals surface area contributed by atoms with Crippen LogP contribution in [0.1, 0.15) is 5.56 Å². The molecule has 8 nitrogen and oxygen atoms in total. The van der Waals surface area contributed by atoms with Gasteiger partial charge in [0.25, 0.3) is 0 Å². The average molecular weight is 331 g/mol. The Labute approximate surface area is 143 Å². The lowest BCUT2D eigenvalue weighted by atomic mass is 10.2. The van der Waals surface area contributed by atoms with Crippen molar-refractivity contribution in [2.45, 2.75) is 6.92 Å². The molecule has 0 bridgehead atoms. The Morgan fingerprint density at radius 2 is 1.80 bits per heavy atom. The molecule has 0 aliphatic rings. The number of rotatable bonds is 4. The van der Waals surface area contributed by atoms with Gasteiger partial charge in [0.2, 0.25) is 5.71 Å². The van der Waals surface area contributed by atoms with Crippen LogP contribution in [0.4, 0.5) is 5.69 Å². The third-order valence-corrected chi connectivity index (χ3v) is 3.42. The quantitative estimate of drug-likeness (QED) is 0.581. The van der Waals surface area contributed by atoms with Crippen molar-refractivity contribution in [2.75, 3.05) is 12.5 Å². The Balaban J connectivity index is 2.12. The first kappa shape index (κ1) is 16.0. The number of aryl methyl sites for hydroxylation is 1. The second-order valence-electron chi connectivity index (χ2n) is 5.14. The van der Waals surface area contributed by atoms with Crippen LogP contribution in [0.3, 0.4) is 0 Å². The van der Waals surface area contributed by atoms with Crippen molar-refractivity contribution in [3.8, 4) is 23.6 Å². The number of hydrogen-bond donors (Lipinski definition) is 1.